The van der Waals surface area contributed by atoms with Gasteiger partial charge in [-0.15, -0.1) is 0 Å². The number of rotatable bonds is 3. The van der Waals surface area contributed by atoms with Crippen molar-refractivity contribution in [2.45, 2.75) is 18.9 Å². The van der Waals surface area contributed by atoms with Crippen molar-refractivity contribution >= 4 is 0 Å². The van der Waals surface area contributed by atoms with Crippen LogP contribution in [0.2, 0.25) is 0 Å². The first kappa shape index (κ1) is 9.40. The number of ether oxygens (including phenoxy) is 1. The highest BCUT2D eigenvalue weighted by Gasteiger charge is 2.15. The summed E-state index contributed by atoms with van der Waals surface area (Å²) < 4.78 is 18.3. The van der Waals surface area contributed by atoms with Crippen molar-refractivity contribution in [2.75, 3.05) is 13.2 Å². The highest BCUT2D eigenvalue weighted by molar-refractivity contribution is 5.17. The van der Waals surface area contributed by atoms with Gasteiger partial charge in [-0.3, -0.25) is 0 Å². The number of nitrogens with one attached hydrogen (secondary N) is 1. The molecule has 1 fully saturated rings. The summed E-state index contributed by atoms with van der Waals surface area (Å²) in [5, 5.41) is 3.28. The number of aromatic nitrogens is 1. The molecule has 0 spiro atoms. The molecule has 1 aromatic heterocycles. The van der Waals surface area contributed by atoms with Crippen LogP contribution in [-0.4, -0.2) is 24.2 Å². The van der Waals surface area contributed by atoms with Crippen molar-refractivity contribution in [3.63, 3.8) is 0 Å². The van der Waals surface area contributed by atoms with Crippen molar-refractivity contribution in [3.05, 3.63) is 24.3 Å². The summed E-state index contributed by atoms with van der Waals surface area (Å²) in [6.07, 6.45) is 3.68. The molecular weight excluding hydrogens is 183 g/mol. The molecule has 1 unspecified atom stereocenters. The lowest BCUT2D eigenvalue weighted by molar-refractivity contribution is 0.262. The number of nitrogens with zero attached hydrogens (tertiary/aromatic N) is 1. The van der Waals surface area contributed by atoms with Gasteiger partial charge in [-0.2, -0.15) is 4.39 Å². The third-order valence-corrected chi connectivity index (χ3v) is 2.33. The molecule has 3 nitrogen and oxygen atoms in total. The maximum atomic E-state index is 13.0. The Morgan fingerprint density at radius 1 is 1.64 bits per heavy atom. The van der Waals surface area contributed by atoms with Crippen molar-refractivity contribution in [3.8, 4) is 5.75 Å². The molecule has 0 radical (unpaired) electrons. The van der Waals surface area contributed by atoms with Gasteiger partial charge >= 0.3 is 0 Å². The zero-order chi connectivity index (χ0) is 9.80. The fourth-order valence-corrected chi connectivity index (χ4v) is 1.57. The molecule has 4 heteroatoms. The van der Waals surface area contributed by atoms with Crippen LogP contribution in [0.4, 0.5) is 4.39 Å². The van der Waals surface area contributed by atoms with E-state index in [9.17, 15) is 4.39 Å². The molecule has 2 heterocycles. The molecule has 0 amide bonds. The fourth-order valence-electron chi connectivity index (χ4n) is 1.57. The van der Waals surface area contributed by atoms with Crippen LogP contribution in [0.5, 0.6) is 5.75 Å². The first-order chi connectivity index (χ1) is 6.86. The Kier molecular flexibility index (Phi) is 2.93. The maximum absolute atomic E-state index is 13.0. The van der Waals surface area contributed by atoms with Gasteiger partial charge in [-0.25, -0.2) is 4.98 Å². The monoisotopic (exact) mass is 196 g/mol. The highest BCUT2D eigenvalue weighted by Crippen LogP contribution is 2.14. The zero-order valence-electron chi connectivity index (χ0n) is 7.87. The summed E-state index contributed by atoms with van der Waals surface area (Å²) in [6.45, 7) is 1.55. The van der Waals surface area contributed by atoms with Crippen LogP contribution in [0.1, 0.15) is 12.8 Å². The SMILES string of the molecule is Fc1ncccc1OCC1CCCN1. The van der Waals surface area contributed by atoms with Gasteiger partial charge in [-0.1, -0.05) is 0 Å². The van der Waals surface area contributed by atoms with Crippen LogP contribution in [-0.2, 0) is 0 Å². The minimum absolute atomic E-state index is 0.237. The number of halogens is 1. The van der Waals surface area contributed by atoms with E-state index in [1.807, 2.05) is 0 Å². The third-order valence-electron chi connectivity index (χ3n) is 2.33. The molecule has 2 rings (SSSR count). The Bertz CT molecular complexity index is 300. The van der Waals surface area contributed by atoms with Gasteiger partial charge in [0.05, 0.1) is 0 Å². The number of pyridine rings is 1. The van der Waals surface area contributed by atoms with Gasteiger partial charge in [0.2, 0.25) is 0 Å². The summed E-state index contributed by atoms with van der Waals surface area (Å²) in [6, 6.07) is 3.62. The van der Waals surface area contributed by atoms with E-state index >= 15 is 0 Å². The lowest BCUT2D eigenvalue weighted by Crippen LogP contribution is -2.28. The molecule has 1 aliphatic rings. The highest BCUT2D eigenvalue weighted by atomic mass is 19.1. The molecular formula is C10H13FN2O. The largest absolute Gasteiger partial charge is 0.487 e. The van der Waals surface area contributed by atoms with Crippen LogP contribution < -0.4 is 10.1 Å². The first-order valence-corrected chi connectivity index (χ1v) is 4.83. The number of hydrogen-bond donors (Lipinski definition) is 1. The van der Waals surface area contributed by atoms with E-state index in [4.69, 9.17) is 4.74 Å². The Hall–Kier alpha value is -1.16. The third kappa shape index (κ3) is 2.20. The summed E-state index contributed by atoms with van der Waals surface area (Å²) >= 11 is 0. The van der Waals surface area contributed by atoms with Gasteiger partial charge in [0.1, 0.15) is 6.61 Å². The van der Waals surface area contributed by atoms with E-state index in [0.717, 1.165) is 13.0 Å². The maximum Gasteiger partial charge on any atom is 0.255 e. The minimum atomic E-state index is -0.537. The van der Waals surface area contributed by atoms with Gasteiger partial charge in [0, 0.05) is 12.2 Å². The van der Waals surface area contributed by atoms with Crippen LogP contribution >= 0.6 is 0 Å². The van der Waals surface area contributed by atoms with E-state index in [1.165, 1.54) is 12.6 Å². The molecule has 1 saturated heterocycles. The van der Waals surface area contributed by atoms with Gasteiger partial charge in [-0.05, 0) is 31.5 Å². The smallest absolute Gasteiger partial charge is 0.255 e. The quantitative estimate of drug-likeness (QED) is 0.741. The van der Waals surface area contributed by atoms with Crippen LogP contribution in [0.15, 0.2) is 18.3 Å². The van der Waals surface area contributed by atoms with Crippen LogP contribution in [0.3, 0.4) is 0 Å². The predicted octanol–water partition coefficient (Wildman–Crippen LogP) is 1.35. The Morgan fingerprint density at radius 3 is 3.29 bits per heavy atom. The normalized spacial score (nSPS) is 21.1. The van der Waals surface area contributed by atoms with E-state index in [2.05, 4.69) is 10.3 Å². The Labute approximate surface area is 82.3 Å². The topological polar surface area (TPSA) is 34.1 Å². The van der Waals surface area contributed by atoms with Gasteiger partial charge < -0.3 is 10.1 Å². The summed E-state index contributed by atoms with van der Waals surface area (Å²) in [5.41, 5.74) is 0. The minimum Gasteiger partial charge on any atom is -0.487 e. The summed E-state index contributed by atoms with van der Waals surface area (Å²) in [5.74, 6) is -0.299. The van der Waals surface area contributed by atoms with Crippen molar-refractivity contribution in [1.82, 2.24) is 10.3 Å². The first-order valence-electron chi connectivity index (χ1n) is 4.83. The second-order valence-electron chi connectivity index (χ2n) is 3.40. The van der Waals surface area contributed by atoms with E-state index < -0.39 is 5.95 Å². The lowest BCUT2D eigenvalue weighted by atomic mass is 10.2. The molecule has 1 aromatic rings. The van der Waals surface area contributed by atoms with Crippen molar-refractivity contribution in [1.29, 1.82) is 0 Å². The van der Waals surface area contributed by atoms with E-state index in [0.29, 0.717) is 12.6 Å². The van der Waals surface area contributed by atoms with E-state index in [1.54, 1.807) is 12.1 Å². The van der Waals surface area contributed by atoms with E-state index in [-0.39, 0.29) is 5.75 Å². The molecule has 0 aromatic carbocycles. The molecule has 0 bridgehead atoms. The van der Waals surface area contributed by atoms with Crippen molar-refractivity contribution in [2.24, 2.45) is 0 Å². The van der Waals surface area contributed by atoms with Crippen LogP contribution in [0.25, 0.3) is 0 Å². The molecule has 1 atom stereocenters. The average Bonchev–Trinajstić information content (AvgIpc) is 2.69. The second kappa shape index (κ2) is 4.37. The molecule has 0 aliphatic carbocycles. The van der Waals surface area contributed by atoms with Gasteiger partial charge in [0.15, 0.2) is 5.75 Å². The zero-order valence-corrected chi connectivity index (χ0v) is 7.87. The molecule has 1 N–H and O–H groups in total. The number of hydrogen-bond acceptors (Lipinski definition) is 3. The fraction of sp³-hybridized carbons (Fsp3) is 0.500. The lowest BCUT2D eigenvalue weighted by Gasteiger charge is -2.11. The standard InChI is InChI=1S/C10H13FN2O/c11-10-9(4-2-6-13-10)14-7-8-3-1-5-12-8/h2,4,6,8,12H,1,3,5,7H2. The molecule has 14 heavy (non-hydrogen) atoms. The Morgan fingerprint density at radius 2 is 2.57 bits per heavy atom. The van der Waals surface area contributed by atoms with Crippen molar-refractivity contribution < 1.29 is 9.13 Å². The molecule has 1 aliphatic heterocycles. The van der Waals surface area contributed by atoms with Gasteiger partial charge in [0.25, 0.3) is 5.95 Å². The molecule has 0 saturated carbocycles. The average molecular weight is 196 g/mol. The summed E-state index contributed by atoms with van der Waals surface area (Å²) in [7, 11) is 0. The Balaban J connectivity index is 1.88. The summed E-state index contributed by atoms with van der Waals surface area (Å²) in [4.78, 5) is 3.51. The van der Waals surface area contributed by atoms with Crippen LogP contribution in [0, 0.1) is 5.95 Å². The predicted molar refractivity (Wildman–Crippen MR) is 50.7 cm³/mol. The second-order valence-corrected chi connectivity index (χ2v) is 3.40. The molecule has 76 valence electrons.